The second-order valence-electron chi connectivity index (χ2n) is 4.83. The molecule has 0 atom stereocenters. The fourth-order valence-electron chi connectivity index (χ4n) is 1.11. The van der Waals surface area contributed by atoms with Gasteiger partial charge in [-0.1, -0.05) is 31.5 Å². The topological polar surface area (TPSA) is 135 Å². The SMILES string of the molecule is CC(C)CC=NNC(=N)NO.Cc1ccc(S(=O)(=O)O)cc1. The summed E-state index contributed by atoms with van der Waals surface area (Å²) >= 11 is 0. The number of rotatable bonds is 4. The lowest BCUT2D eigenvalue weighted by Gasteiger charge is -1.99. The molecule has 0 aliphatic carbocycles. The maximum Gasteiger partial charge on any atom is 0.294 e. The molecule has 1 aromatic carbocycles. The highest BCUT2D eigenvalue weighted by Gasteiger charge is 2.06. The molecule has 8 nitrogen and oxygen atoms in total. The van der Waals surface area contributed by atoms with Crippen LogP contribution in [0.15, 0.2) is 34.3 Å². The molecule has 0 radical (unpaired) electrons. The minimum atomic E-state index is -4.02. The van der Waals surface area contributed by atoms with Crippen LogP contribution >= 0.6 is 0 Å². The van der Waals surface area contributed by atoms with Crippen LogP contribution in [0.5, 0.6) is 0 Å². The molecule has 0 unspecified atom stereocenters. The van der Waals surface area contributed by atoms with Gasteiger partial charge in [0.15, 0.2) is 0 Å². The summed E-state index contributed by atoms with van der Waals surface area (Å²) in [6.45, 7) is 5.98. The number of benzene rings is 1. The van der Waals surface area contributed by atoms with Crippen molar-refractivity contribution in [3.8, 4) is 0 Å². The molecule has 0 heterocycles. The molecule has 1 aromatic rings. The molecule has 0 fully saturated rings. The number of hydrazone groups is 1. The van der Waals surface area contributed by atoms with Crippen LogP contribution < -0.4 is 10.9 Å². The third-order valence-electron chi connectivity index (χ3n) is 2.28. The van der Waals surface area contributed by atoms with Crippen LogP contribution in [0.1, 0.15) is 25.8 Å². The molecular weight excluding hydrogens is 308 g/mol. The van der Waals surface area contributed by atoms with Crippen molar-refractivity contribution < 1.29 is 18.2 Å². The largest absolute Gasteiger partial charge is 0.294 e. The van der Waals surface area contributed by atoms with Gasteiger partial charge >= 0.3 is 0 Å². The summed E-state index contributed by atoms with van der Waals surface area (Å²) < 4.78 is 29.6. The zero-order valence-electron chi connectivity index (χ0n) is 12.7. The first kappa shape index (κ1) is 20.0. The summed E-state index contributed by atoms with van der Waals surface area (Å²) in [4.78, 5) is -0.0666. The number of hydrogen-bond donors (Lipinski definition) is 5. The Morgan fingerprint density at radius 1 is 1.36 bits per heavy atom. The van der Waals surface area contributed by atoms with Gasteiger partial charge in [0.2, 0.25) is 5.96 Å². The first-order chi connectivity index (χ1) is 10.2. The van der Waals surface area contributed by atoms with Gasteiger partial charge < -0.3 is 0 Å². The third kappa shape index (κ3) is 9.86. The Hall–Kier alpha value is -1.97. The standard InChI is InChI=1S/C7H8O3S.C6H14N4O/c1-6-2-4-7(5-3-6)11(8,9)10;1-5(2)3-4-8-9-6(7)10-11/h2-5H,1H3,(H,8,9,10);4-5,11H,3H2,1-2H3,(H3,7,9,10). The molecule has 124 valence electrons. The lowest BCUT2D eigenvalue weighted by Crippen LogP contribution is -2.30. The number of nitrogens with one attached hydrogen (secondary N) is 3. The van der Waals surface area contributed by atoms with Crippen LogP contribution in [0.4, 0.5) is 0 Å². The second kappa shape index (κ2) is 9.87. The highest BCUT2D eigenvalue weighted by molar-refractivity contribution is 7.85. The van der Waals surface area contributed by atoms with Crippen LogP contribution in [0.3, 0.4) is 0 Å². The van der Waals surface area contributed by atoms with Gasteiger partial charge in [0.1, 0.15) is 0 Å². The van der Waals surface area contributed by atoms with Gasteiger partial charge in [0.25, 0.3) is 10.1 Å². The summed E-state index contributed by atoms with van der Waals surface area (Å²) in [5, 5.41) is 18.6. The van der Waals surface area contributed by atoms with Crippen molar-refractivity contribution in [1.82, 2.24) is 10.9 Å². The predicted octanol–water partition coefficient (Wildman–Crippen LogP) is 1.76. The molecule has 1 rings (SSSR count). The maximum atomic E-state index is 10.5. The van der Waals surface area contributed by atoms with Gasteiger partial charge in [-0.15, -0.1) is 0 Å². The Kier molecular flexibility index (Phi) is 8.99. The van der Waals surface area contributed by atoms with Gasteiger partial charge in [-0.05, 0) is 31.4 Å². The average Bonchev–Trinajstić information content (AvgIpc) is 2.43. The summed E-state index contributed by atoms with van der Waals surface area (Å²) in [6, 6.07) is 5.99. The van der Waals surface area contributed by atoms with Crippen molar-refractivity contribution >= 4 is 22.3 Å². The van der Waals surface area contributed by atoms with Gasteiger partial charge in [-0.3, -0.25) is 15.2 Å². The lowest BCUT2D eigenvalue weighted by molar-refractivity contribution is 0.228. The number of hydrogen-bond acceptors (Lipinski definition) is 5. The van der Waals surface area contributed by atoms with Crippen molar-refractivity contribution in [1.29, 1.82) is 5.41 Å². The fraction of sp³-hybridized carbons (Fsp3) is 0.385. The quantitative estimate of drug-likeness (QED) is 0.247. The van der Waals surface area contributed by atoms with Gasteiger partial charge in [-0.25, -0.2) is 10.9 Å². The van der Waals surface area contributed by atoms with Crippen molar-refractivity contribution in [2.75, 3.05) is 0 Å². The third-order valence-corrected chi connectivity index (χ3v) is 3.14. The highest BCUT2D eigenvalue weighted by atomic mass is 32.2. The molecule has 5 N–H and O–H groups in total. The Morgan fingerprint density at radius 3 is 2.32 bits per heavy atom. The van der Waals surface area contributed by atoms with Crippen LogP contribution in [0.25, 0.3) is 0 Å². The number of hydroxylamine groups is 1. The molecule has 0 spiro atoms. The van der Waals surface area contributed by atoms with E-state index in [2.05, 4.69) is 24.4 Å². The molecule has 22 heavy (non-hydrogen) atoms. The monoisotopic (exact) mass is 330 g/mol. The molecule has 0 saturated carbocycles. The summed E-state index contributed by atoms with van der Waals surface area (Å²) in [5.74, 6) is 0.321. The Labute approximate surface area is 130 Å². The smallest absolute Gasteiger partial charge is 0.288 e. The highest BCUT2D eigenvalue weighted by Crippen LogP contribution is 2.08. The first-order valence-corrected chi connectivity index (χ1v) is 7.91. The zero-order chi connectivity index (χ0) is 17.2. The van der Waals surface area contributed by atoms with E-state index in [1.807, 2.05) is 6.92 Å². The predicted molar refractivity (Wildman–Crippen MR) is 84.7 cm³/mol. The molecular formula is C13H22N4O4S. The Morgan fingerprint density at radius 2 is 1.91 bits per heavy atom. The average molecular weight is 330 g/mol. The zero-order valence-corrected chi connectivity index (χ0v) is 13.6. The Bertz CT molecular complexity index is 583. The number of guanidine groups is 1. The van der Waals surface area contributed by atoms with Gasteiger partial charge in [0, 0.05) is 6.21 Å². The van der Waals surface area contributed by atoms with E-state index in [1.54, 1.807) is 23.8 Å². The lowest BCUT2D eigenvalue weighted by atomic mass is 10.2. The van der Waals surface area contributed by atoms with Crippen LogP contribution in [0, 0.1) is 18.3 Å². The summed E-state index contributed by atoms with van der Waals surface area (Å²) in [5.41, 5.74) is 4.85. The number of aryl methyl sites for hydroxylation is 1. The summed E-state index contributed by atoms with van der Waals surface area (Å²) in [7, 11) is -4.02. The van der Waals surface area contributed by atoms with E-state index in [1.165, 1.54) is 12.1 Å². The van der Waals surface area contributed by atoms with Crippen molar-refractivity contribution in [2.45, 2.75) is 32.1 Å². The van der Waals surface area contributed by atoms with Crippen molar-refractivity contribution in [2.24, 2.45) is 11.0 Å². The van der Waals surface area contributed by atoms with E-state index >= 15 is 0 Å². The minimum absolute atomic E-state index is 0.0666. The molecule has 9 heteroatoms. The normalized spacial score (nSPS) is 11.0. The molecule has 0 aliphatic rings. The van der Waals surface area contributed by atoms with Crippen LogP contribution in [-0.2, 0) is 10.1 Å². The summed E-state index contributed by atoms with van der Waals surface area (Å²) in [6.07, 6.45) is 2.52. The fourth-order valence-corrected chi connectivity index (χ4v) is 1.59. The van der Waals surface area contributed by atoms with Crippen molar-refractivity contribution in [3.63, 3.8) is 0 Å². The van der Waals surface area contributed by atoms with E-state index in [-0.39, 0.29) is 10.9 Å². The van der Waals surface area contributed by atoms with Crippen LogP contribution in [-0.4, -0.2) is 30.4 Å². The maximum absolute atomic E-state index is 10.5. The molecule has 0 aromatic heterocycles. The van der Waals surface area contributed by atoms with E-state index in [9.17, 15) is 8.42 Å². The number of nitrogens with zero attached hydrogens (tertiary/aromatic N) is 1. The minimum Gasteiger partial charge on any atom is -0.288 e. The second-order valence-corrected chi connectivity index (χ2v) is 6.25. The van der Waals surface area contributed by atoms with E-state index in [4.69, 9.17) is 15.2 Å². The van der Waals surface area contributed by atoms with Crippen molar-refractivity contribution in [3.05, 3.63) is 29.8 Å². The van der Waals surface area contributed by atoms with Gasteiger partial charge in [0.05, 0.1) is 4.90 Å². The van der Waals surface area contributed by atoms with E-state index in [0.29, 0.717) is 5.92 Å². The molecule has 0 bridgehead atoms. The Balaban J connectivity index is 0.000000401. The van der Waals surface area contributed by atoms with Crippen LogP contribution in [0.2, 0.25) is 0 Å². The van der Waals surface area contributed by atoms with E-state index < -0.39 is 10.1 Å². The molecule has 0 aliphatic heterocycles. The first-order valence-electron chi connectivity index (χ1n) is 6.47. The molecule has 0 amide bonds. The molecule has 0 saturated heterocycles. The van der Waals surface area contributed by atoms with E-state index in [0.717, 1.165) is 12.0 Å². The van der Waals surface area contributed by atoms with Gasteiger partial charge in [-0.2, -0.15) is 13.5 Å².